The van der Waals surface area contributed by atoms with Crippen molar-refractivity contribution in [2.24, 2.45) is 0 Å². The molecule has 2 heterocycles. The summed E-state index contributed by atoms with van der Waals surface area (Å²) in [6.07, 6.45) is -2.75. The minimum Gasteiger partial charge on any atom is -0.365 e. The van der Waals surface area contributed by atoms with E-state index >= 15 is 0 Å². The van der Waals surface area contributed by atoms with Gasteiger partial charge in [-0.25, -0.2) is 4.98 Å². The van der Waals surface area contributed by atoms with Crippen molar-refractivity contribution in [3.8, 4) is 6.07 Å². The molecule has 1 fully saturated rings. The topological polar surface area (TPSA) is 60.7 Å². The SMILES string of the molecule is CC1NCCCC1Nc1nc(C(F)(F)F)ccc1C#N. The number of piperidine rings is 1. The van der Waals surface area contributed by atoms with Crippen LogP contribution >= 0.6 is 0 Å². The minimum absolute atomic E-state index is 0.00266. The molecular formula is C13H15F3N4. The quantitative estimate of drug-likeness (QED) is 0.876. The molecule has 4 nitrogen and oxygen atoms in total. The molecule has 0 bridgehead atoms. The predicted molar refractivity (Wildman–Crippen MR) is 68.1 cm³/mol. The van der Waals surface area contributed by atoms with E-state index in [2.05, 4.69) is 15.6 Å². The van der Waals surface area contributed by atoms with Crippen LogP contribution in [0.3, 0.4) is 0 Å². The first-order valence-corrected chi connectivity index (χ1v) is 6.40. The second-order valence-electron chi connectivity index (χ2n) is 4.84. The average molecular weight is 284 g/mol. The number of nitrogens with one attached hydrogen (secondary N) is 2. The van der Waals surface area contributed by atoms with Crippen molar-refractivity contribution in [3.05, 3.63) is 23.4 Å². The zero-order valence-corrected chi connectivity index (χ0v) is 11.0. The Hall–Kier alpha value is -1.81. The largest absolute Gasteiger partial charge is 0.433 e. The molecule has 0 aromatic carbocycles. The van der Waals surface area contributed by atoms with Gasteiger partial charge in [-0.15, -0.1) is 0 Å². The molecule has 20 heavy (non-hydrogen) atoms. The molecule has 1 saturated heterocycles. The van der Waals surface area contributed by atoms with Crippen LogP contribution in [0.5, 0.6) is 0 Å². The number of nitriles is 1. The molecule has 2 unspecified atom stereocenters. The van der Waals surface area contributed by atoms with Gasteiger partial charge in [-0.05, 0) is 38.4 Å². The van der Waals surface area contributed by atoms with E-state index in [4.69, 9.17) is 5.26 Å². The summed E-state index contributed by atoms with van der Waals surface area (Å²) in [5.41, 5.74) is -0.869. The summed E-state index contributed by atoms with van der Waals surface area (Å²) in [6, 6.07) is 3.93. The normalized spacial score (nSPS) is 23.1. The molecule has 0 saturated carbocycles. The van der Waals surface area contributed by atoms with Gasteiger partial charge in [0.15, 0.2) is 0 Å². The third kappa shape index (κ3) is 3.20. The van der Waals surface area contributed by atoms with Crippen molar-refractivity contribution >= 4 is 5.82 Å². The Balaban J connectivity index is 2.27. The summed E-state index contributed by atoms with van der Waals surface area (Å²) in [5, 5.41) is 15.2. The number of nitrogens with zero attached hydrogens (tertiary/aromatic N) is 2. The van der Waals surface area contributed by atoms with E-state index in [0.29, 0.717) is 0 Å². The summed E-state index contributed by atoms with van der Waals surface area (Å²) >= 11 is 0. The molecule has 2 atom stereocenters. The minimum atomic E-state index is -4.51. The van der Waals surface area contributed by atoms with Crippen LogP contribution < -0.4 is 10.6 Å². The number of hydrogen-bond acceptors (Lipinski definition) is 4. The first-order valence-electron chi connectivity index (χ1n) is 6.40. The predicted octanol–water partition coefficient (Wildman–Crippen LogP) is 2.52. The van der Waals surface area contributed by atoms with Crippen molar-refractivity contribution in [3.63, 3.8) is 0 Å². The van der Waals surface area contributed by atoms with Crippen molar-refractivity contribution in [2.45, 2.75) is 38.0 Å². The summed E-state index contributed by atoms with van der Waals surface area (Å²) in [6.45, 7) is 2.84. The van der Waals surface area contributed by atoms with Crippen LogP contribution in [0.1, 0.15) is 31.0 Å². The molecule has 2 rings (SSSR count). The van der Waals surface area contributed by atoms with Gasteiger partial charge in [0, 0.05) is 12.1 Å². The number of halogens is 3. The van der Waals surface area contributed by atoms with Crippen molar-refractivity contribution in [1.29, 1.82) is 5.26 Å². The van der Waals surface area contributed by atoms with Gasteiger partial charge in [-0.3, -0.25) is 0 Å². The molecule has 0 spiro atoms. The van der Waals surface area contributed by atoms with Crippen LogP contribution in [0, 0.1) is 11.3 Å². The molecule has 0 aliphatic carbocycles. The maximum absolute atomic E-state index is 12.7. The number of aromatic nitrogens is 1. The molecular weight excluding hydrogens is 269 g/mol. The maximum Gasteiger partial charge on any atom is 0.433 e. The fourth-order valence-electron chi connectivity index (χ4n) is 2.23. The summed E-state index contributed by atoms with van der Waals surface area (Å²) in [5.74, 6) is 0.00266. The highest BCUT2D eigenvalue weighted by atomic mass is 19.4. The summed E-state index contributed by atoms with van der Waals surface area (Å²) in [4.78, 5) is 3.56. The highest BCUT2D eigenvalue weighted by Crippen LogP contribution is 2.29. The van der Waals surface area contributed by atoms with Gasteiger partial charge >= 0.3 is 6.18 Å². The van der Waals surface area contributed by atoms with Crippen molar-refractivity contribution < 1.29 is 13.2 Å². The van der Waals surface area contributed by atoms with Gasteiger partial charge in [0.05, 0.1) is 5.56 Å². The van der Waals surface area contributed by atoms with Crippen LogP contribution in [0.25, 0.3) is 0 Å². The van der Waals surface area contributed by atoms with E-state index in [1.165, 1.54) is 0 Å². The maximum atomic E-state index is 12.7. The highest BCUT2D eigenvalue weighted by molar-refractivity contribution is 5.53. The Morgan fingerprint density at radius 3 is 2.80 bits per heavy atom. The van der Waals surface area contributed by atoms with E-state index in [0.717, 1.165) is 31.5 Å². The van der Waals surface area contributed by atoms with Crippen LogP contribution in [0.15, 0.2) is 12.1 Å². The van der Waals surface area contributed by atoms with Crippen LogP contribution in [-0.4, -0.2) is 23.6 Å². The standard InChI is InChI=1S/C13H15F3N4/c1-8-10(3-2-6-18-8)19-12-9(7-17)4-5-11(20-12)13(14,15)16/h4-5,8,10,18H,2-3,6H2,1H3,(H,19,20). The molecule has 0 amide bonds. The van der Waals surface area contributed by atoms with Gasteiger partial charge in [0.25, 0.3) is 0 Å². The first-order chi connectivity index (χ1) is 9.41. The molecule has 0 radical (unpaired) electrons. The number of alkyl halides is 3. The second kappa shape index (κ2) is 5.67. The number of anilines is 1. The van der Waals surface area contributed by atoms with Gasteiger partial charge < -0.3 is 10.6 Å². The monoisotopic (exact) mass is 284 g/mol. The molecule has 1 aromatic heterocycles. The fourth-order valence-corrected chi connectivity index (χ4v) is 2.23. The Morgan fingerprint density at radius 1 is 1.45 bits per heavy atom. The first kappa shape index (κ1) is 14.6. The number of hydrogen-bond donors (Lipinski definition) is 2. The van der Waals surface area contributed by atoms with E-state index < -0.39 is 11.9 Å². The zero-order chi connectivity index (χ0) is 14.8. The van der Waals surface area contributed by atoms with Gasteiger partial charge in [-0.2, -0.15) is 18.4 Å². The summed E-state index contributed by atoms with van der Waals surface area (Å²) < 4.78 is 38.0. The van der Waals surface area contributed by atoms with Crippen molar-refractivity contribution in [1.82, 2.24) is 10.3 Å². The van der Waals surface area contributed by atoms with E-state index in [-0.39, 0.29) is 23.5 Å². The van der Waals surface area contributed by atoms with Gasteiger partial charge in [0.2, 0.25) is 0 Å². The fraction of sp³-hybridized carbons (Fsp3) is 0.538. The highest BCUT2D eigenvalue weighted by Gasteiger charge is 2.33. The smallest absolute Gasteiger partial charge is 0.365 e. The molecule has 108 valence electrons. The molecule has 1 aromatic rings. The van der Waals surface area contributed by atoms with Crippen LogP contribution in [0.4, 0.5) is 19.0 Å². The Kier molecular flexibility index (Phi) is 4.14. The lowest BCUT2D eigenvalue weighted by molar-refractivity contribution is -0.141. The third-order valence-corrected chi connectivity index (χ3v) is 3.39. The van der Waals surface area contributed by atoms with E-state index in [1.54, 1.807) is 0 Å². The van der Waals surface area contributed by atoms with Crippen LogP contribution in [-0.2, 0) is 6.18 Å². The second-order valence-corrected chi connectivity index (χ2v) is 4.84. The molecule has 2 N–H and O–H groups in total. The lowest BCUT2D eigenvalue weighted by Gasteiger charge is -2.31. The Labute approximate surface area is 115 Å². The van der Waals surface area contributed by atoms with E-state index in [1.807, 2.05) is 13.0 Å². The average Bonchev–Trinajstić information content (AvgIpc) is 2.40. The molecule has 1 aliphatic rings. The van der Waals surface area contributed by atoms with Gasteiger partial charge in [-0.1, -0.05) is 0 Å². The Morgan fingerprint density at radius 2 is 2.20 bits per heavy atom. The van der Waals surface area contributed by atoms with E-state index in [9.17, 15) is 13.2 Å². The van der Waals surface area contributed by atoms with Crippen LogP contribution in [0.2, 0.25) is 0 Å². The molecule has 7 heteroatoms. The number of pyridine rings is 1. The lowest BCUT2D eigenvalue weighted by Crippen LogP contribution is -2.46. The lowest BCUT2D eigenvalue weighted by atomic mass is 9.99. The Bertz CT molecular complexity index is 521. The summed E-state index contributed by atoms with van der Waals surface area (Å²) in [7, 11) is 0. The third-order valence-electron chi connectivity index (χ3n) is 3.39. The van der Waals surface area contributed by atoms with Crippen molar-refractivity contribution in [2.75, 3.05) is 11.9 Å². The zero-order valence-electron chi connectivity index (χ0n) is 11.0. The van der Waals surface area contributed by atoms with Gasteiger partial charge in [0.1, 0.15) is 17.6 Å². The number of rotatable bonds is 2. The molecule has 1 aliphatic heterocycles.